The maximum absolute atomic E-state index is 11.1. The Morgan fingerprint density at radius 2 is 1.91 bits per heavy atom. The molecule has 0 aliphatic carbocycles. The zero-order valence-corrected chi connectivity index (χ0v) is 13.1. The predicted molar refractivity (Wildman–Crippen MR) is 81.3 cm³/mol. The third-order valence-corrected chi connectivity index (χ3v) is 4.19. The minimum Gasteiger partial charge on any atom is -0.456 e. The Morgan fingerprint density at radius 3 is 2.50 bits per heavy atom. The molecule has 116 valence electrons. The molecule has 0 N–H and O–H groups in total. The van der Waals surface area contributed by atoms with Gasteiger partial charge < -0.3 is 4.74 Å². The minimum absolute atomic E-state index is 0.0547. The Balaban J connectivity index is 4.87. The first-order chi connectivity index (χ1) is 10.7. The van der Waals surface area contributed by atoms with Crippen molar-refractivity contribution in [3.8, 4) is 11.8 Å². The Morgan fingerprint density at radius 1 is 1.18 bits per heavy atom. The van der Waals surface area contributed by atoms with E-state index in [0.717, 1.165) is 11.8 Å². The molecule has 0 fully saturated rings. The van der Waals surface area contributed by atoms with E-state index in [9.17, 15) is 19.2 Å². The molecule has 0 radical (unpaired) electrons. The van der Waals surface area contributed by atoms with Crippen molar-refractivity contribution in [1.82, 2.24) is 0 Å². The molecule has 2 atom stereocenters. The van der Waals surface area contributed by atoms with E-state index in [2.05, 4.69) is 31.6 Å². The summed E-state index contributed by atoms with van der Waals surface area (Å²) in [6.07, 6.45) is 4.11. The van der Waals surface area contributed by atoms with Gasteiger partial charge in [0.15, 0.2) is 5.37 Å². The van der Waals surface area contributed by atoms with Crippen LogP contribution in [-0.4, -0.2) is 53.2 Å². The van der Waals surface area contributed by atoms with Gasteiger partial charge in [-0.1, -0.05) is 5.92 Å². The average Bonchev–Trinajstić information content (AvgIpc) is 2.50. The SMILES string of the molecule is CCOC(=O)C#CC(N=C=O)SC(CN=C=O)SCN=C=O. The Labute approximate surface area is 134 Å². The quantitative estimate of drug-likeness (QED) is 0.151. The van der Waals surface area contributed by atoms with Gasteiger partial charge in [0.2, 0.25) is 18.2 Å². The first-order valence-electron chi connectivity index (χ1n) is 5.77. The number of hydrogen-bond donors (Lipinski definition) is 0. The highest BCUT2D eigenvalue weighted by molar-refractivity contribution is 8.17. The van der Waals surface area contributed by atoms with Gasteiger partial charge in [-0.25, -0.2) is 24.2 Å². The first kappa shape index (κ1) is 19.9. The zero-order valence-electron chi connectivity index (χ0n) is 11.5. The second-order valence-corrected chi connectivity index (χ2v) is 5.85. The summed E-state index contributed by atoms with van der Waals surface area (Å²) in [5, 5.41) is -0.888. The lowest BCUT2D eigenvalue weighted by Crippen LogP contribution is -2.09. The van der Waals surface area contributed by atoms with E-state index in [0.29, 0.717) is 0 Å². The molecule has 0 aromatic heterocycles. The number of thioether (sulfide) groups is 2. The molecule has 8 nitrogen and oxygen atoms in total. The number of rotatable bonds is 9. The normalized spacial score (nSPS) is 11.3. The summed E-state index contributed by atoms with van der Waals surface area (Å²) >= 11 is 2.23. The van der Waals surface area contributed by atoms with Gasteiger partial charge in [-0.05, 0) is 6.92 Å². The fourth-order valence-corrected chi connectivity index (χ4v) is 2.93. The van der Waals surface area contributed by atoms with Crippen LogP contribution in [0.15, 0.2) is 15.0 Å². The van der Waals surface area contributed by atoms with E-state index in [4.69, 9.17) is 0 Å². The molecule has 0 spiro atoms. The molecular weight excluding hydrogens is 330 g/mol. The van der Waals surface area contributed by atoms with Crippen molar-refractivity contribution in [2.75, 3.05) is 19.0 Å². The number of isocyanates is 3. The van der Waals surface area contributed by atoms with Gasteiger partial charge >= 0.3 is 5.97 Å². The molecule has 0 saturated carbocycles. The molecule has 0 amide bonds. The highest BCUT2D eigenvalue weighted by atomic mass is 32.2. The Bertz CT molecular complexity index is 567. The van der Waals surface area contributed by atoms with Crippen LogP contribution in [0.3, 0.4) is 0 Å². The lowest BCUT2D eigenvalue weighted by molar-refractivity contribution is -0.136. The molecule has 0 heterocycles. The summed E-state index contributed by atoms with van der Waals surface area (Å²) in [6.45, 7) is 1.87. The van der Waals surface area contributed by atoms with Crippen molar-refractivity contribution in [2.45, 2.75) is 16.9 Å². The average molecular weight is 341 g/mol. The van der Waals surface area contributed by atoms with Crippen molar-refractivity contribution in [3.63, 3.8) is 0 Å². The third kappa shape index (κ3) is 10.6. The smallest absolute Gasteiger partial charge is 0.384 e. The number of esters is 1. The number of hydrogen-bond acceptors (Lipinski definition) is 10. The van der Waals surface area contributed by atoms with Crippen LogP contribution >= 0.6 is 23.5 Å². The van der Waals surface area contributed by atoms with Crippen LogP contribution < -0.4 is 0 Å². The fraction of sp³-hybridized carbons (Fsp3) is 0.500. The summed E-state index contributed by atoms with van der Waals surface area (Å²) < 4.78 is 4.25. The van der Waals surface area contributed by atoms with E-state index < -0.39 is 11.3 Å². The number of carbonyl (C=O) groups is 1. The molecule has 22 heavy (non-hydrogen) atoms. The maximum Gasteiger partial charge on any atom is 0.384 e. The van der Waals surface area contributed by atoms with E-state index in [1.165, 1.54) is 30.0 Å². The summed E-state index contributed by atoms with van der Waals surface area (Å²) in [7, 11) is 0. The van der Waals surface area contributed by atoms with Gasteiger partial charge in [0.25, 0.3) is 0 Å². The van der Waals surface area contributed by atoms with Crippen LogP contribution in [-0.2, 0) is 23.9 Å². The van der Waals surface area contributed by atoms with Crippen molar-refractivity contribution in [2.24, 2.45) is 15.0 Å². The van der Waals surface area contributed by atoms with E-state index in [-0.39, 0.29) is 23.6 Å². The van der Waals surface area contributed by atoms with Crippen LogP contribution in [0.2, 0.25) is 0 Å². The predicted octanol–water partition coefficient (Wildman–Crippen LogP) is 0.636. The lowest BCUT2D eigenvalue weighted by Gasteiger charge is -2.12. The van der Waals surface area contributed by atoms with Crippen LogP contribution in [0.4, 0.5) is 0 Å². The Kier molecular flexibility index (Phi) is 12.5. The topological polar surface area (TPSA) is 115 Å². The highest BCUT2D eigenvalue weighted by Gasteiger charge is 2.16. The van der Waals surface area contributed by atoms with Crippen LogP contribution in [0.25, 0.3) is 0 Å². The van der Waals surface area contributed by atoms with Crippen molar-refractivity contribution in [3.05, 3.63) is 0 Å². The van der Waals surface area contributed by atoms with Crippen LogP contribution in [0.5, 0.6) is 0 Å². The number of aliphatic imine (C=N–C) groups is 3. The van der Waals surface area contributed by atoms with Gasteiger partial charge in [0.1, 0.15) is 0 Å². The molecule has 10 heteroatoms. The standard InChI is InChI=1S/C12H11N3O5S2/c1-2-20-11(19)4-3-10(15-8-18)22-12(5-13-6-16)21-9-14-7-17/h10,12H,2,5,9H2,1H3. The number of carbonyl (C=O) groups excluding carboxylic acids is 4. The van der Waals surface area contributed by atoms with Gasteiger partial charge in [0, 0.05) is 5.92 Å². The Hall–Kier alpha value is -2.13. The summed E-state index contributed by atoms with van der Waals surface area (Å²) in [5.74, 6) is 3.99. The van der Waals surface area contributed by atoms with E-state index >= 15 is 0 Å². The molecule has 0 bridgehead atoms. The molecule has 2 unspecified atom stereocenters. The lowest BCUT2D eigenvalue weighted by atomic mass is 10.5. The number of nitrogens with zero attached hydrogens (tertiary/aromatic N) is 3. The third-order valence-electron chi connectivity index (χ3n) is 1.72. The van der Waals surface area contributed by atoms with Crippen molar-refractivity contribution >= 4 is 47.7 Å². The van der Waals surface area contributed by atoms with Crippen molar-refractivity contribution in [1.29, 1.82) is 0 Å². The van der Waals surface area contributed by atoms with E-state index in [1.807, 2.05) is 0 Å². The van der Waals surface area contributed by atoms with Crippen LogP contribution in [0.1, 0.15) is 6.92 Å². The summed E-state index contributed by atoms with van der Waals surface area (Å²) in [5.41, 5.74) is 0. The maximum atomic E-state index is 11.1. The van der Waals surface area contributed by atoms with E-state index in [1.54, 1.807) is 6.92 Å². The minimum atomic E-state index is -0.888. The number of ether oxygens (including phenoxy) is 1. The molecule has 0 aliphatic rings. The highest BCUT2D eigenvalue weighted by Crippen LogP contribution is 2.28. The molecular formula is C12H11N3O5S2. The summed E-state index contributed by atoms with van der Waals surface area (Å²) in [6, 6.07) is 0. The monoisotopic (exact) mass is 341 g/mol. The second-order valence-electron chi connectivity index (χ2n) is 3.11. The van der Waals surface area contributed by atoms with Crippen LogP contribution in [0, 0.1) is 11.8 Å². The molecule has 0 saturated heterocycles. The first-order valence-corrected chi connectivity index (χ1v) is 7.76. The van der Waals surface area contributed by atoms with Gasteiger partial charge in [-0.2, -0.15) is 9.98 Å². The molecule has 0 aromatic rings. The van der Waals surface area contributed by atoms with Gasteiger partial charge in [-0.15, -0.1) is 23.5 Å². The second kappa shape index (κ2) is 13.8. The fourth-order valence-electron chi connectivity index (χ4n) is 0.970. The largest absolute Gasteiger partial charge is 0.456 e. The molecule has 0 aromatic carbocycles. The summed E-state index contributed by atoms with van der Waals surface area (Å²) in [4.78, 5) is 51.9. The molecule has 0 aliphatic heterocycles. The zero-order chi connectivity index (χ0) is 16.6. The van der Waals surface area contributed by atoms with Gasteiger partial charge in [-0.3, -0.25) is 0 Å². The van der Waals surface area contributed by atoms with Gasteiger partial charge in [0.05, 0.1) is 23.6 Å². The molecule has 0 rings (SSSR count). The van der Waals surface area contributed by atoms with Crippen molar-refractivity contribution < 1.29 is 23.9 Å².